The highest BCUT2D eigenvalue weighted by molar-refractivity contribution is 5.98. The van der Waals surface area contributed by atoms with Gasteiger partial charge >= 0.3 is 6.18 Å². The van der Waals surface area contributed by atoms with Gasteiger partial charge in [0.25, 0.3) is 5.91 Å². The Balaban J connectivity index is 1.57. The molecule has 1 aliphatic rings. The number of amides is 1. The van der Waals surface area contributed by atoms with Gasteiger partial charge in [-0.1, -0.05) is 5.92 Å². The van der Waals surface area contributed by atoms with Crippen LogP contribution in [0.5, 0.6) is 5.75 Å². The number of aryl methyl sites for hydroxylation is 1. The van der Waals surface area contributed by atoms with Crippen molar-refractivity contribution >= 4 is 16.8 Å². The average molecular weight is 522 g/mol. The van der Waals surface area contributed by atoms with Crippen LogP contribution in [0.2, 0.25) is 0 Å². The predicted molar refractivity (Wildman–Crippen MR) is 130 cm³/mol. The number of benzene rings is 1. The van der Waals surface area contributed by atoms with Gasteiger partial charge in [-0.25, -0.2) is 9.97 Å². The average Bonchev–Trinajstić information content (AvgIpc) is 3.37. The number of nitrogens with two attached hydrogens (primary N) is 1. The number of carbonyl (C=O) groups is 1. The molecule has 194 valence electrons. The smallest absolute Gasteiger partial charge is 0.433 e. The van der Waals surface area contributed by atoms with Crippen molar-refractivity contribution in [2.24, 2.45) is 5.73 Å². The summed E-state index contributed by atoms with van der Waals surface area (Å²) in [6.45, 7) is 0. The number of nitrogens with one attached hydrogen (secondary N) is 1. The van der Waals surface area contributed by atoms with Crippen LogP contribution in [0, 0.1) is 12.3 Å². The van der Waals surface area contributed by atoms with Crippen molar-refractivity contribution in [2.75, 3.05) is 7.11 Å². The molecular formula is C26H21F3N6O3. The van der Waals surface area contributed by atoms with Crippen LogP contribution in [-0.4, -0.2) is 33.0 Å². The Labute approximate surface area is 214 Å². The standard InChI is InChI=1S/C26H21F3N6O3/c1-3-15(30)23-22(24(36)33-17-6-4-5-16-21(17)32-12-11-31-16)35-25(38-23)14-7-9-18(37-2)20-13(14)8-10-19(34-20)26(27,28)29/h1,7-12,15,17H,4-6,30H2,2H3,(H,33,36)/t15-,17?/m0/s1. The lowest BCUT2D eigenvalue weighted by Gasteiger charge is -2.24. The molecule has 0 radical (unpaired) electrons. The summed E-state index contributed by atoms with van der Waals surface area (Å²) in [5.41, 5.74) is 6.52. The maximum atomic E-state index is 13.4. The lowest BCUT2D eigenvalue weighted by molar-refractivity contribution is -0.140. The number of methoxy groups -OCH3 is 1. The molecule has 0 bridgehead atoms. The Morgan fingerprint density at radius 2 is 2.03 bits per heavy atom. The first kappa shape index (κ1) is 25.2. The molecule has 0 saturated heterocycles. The molecule has 2 atom stereocenters. The number of rotatable bonds is 5. The van der Waals surface area contributed by atoms with Crippen molar-refractivity contribution < 1.29 is 27.1 Å². The van der Waals surface area contributed by atoms with Crippen LogP contribution in [0.25, 0.3) is 22.4 Å². The predicted octanol–water partition coefficient (Wildman–Crippen LogP) is 4.15. The number of hydrogen-bond donors (Lipinski definition) is 2. The maximum absolute atomic E-state index is 13.4. The zero-order valence-corrected chi connectivity index (χ0v) is 20.0. The third-order valence-corrected chi connectivity index (χ3v) is 6.24. The second-order valence-corrected chi connectivity index (χ2v) is 8.59. The Morgan fingerprint density at radius 1 is 1.24 bits per heavy atom. The van der Waals surface area contributed by atoms with E-state index in [1.165, 1.54) is 19.2 Å². The second-order valence-electron chi connectivity index (χ2n) is 8.59. The maximum Gasteiger partial charge on any atom is 0.433 e. The largest absolute Gasteiger partial charge is 0.494 e. The summed E-state index contributed by atoms with van der Waals surface area (Å²) in [6.07, 6.45) is 6.22. The highest BCUT2D eigenvalue weighted by atomic mass is 19.4. The monoisotopic (exact) mass is 522 g/mol. The molecule has 3 aromatic heterocycles. The van der Waals surface area contributed by atoms with E-state index in [4.69, 9.17) is 21.3 Å². The van der Waals surface area contributed by atoms with Crippen molar-refractivity contribution in [3.63, 3.8) is 0 Å². The minimum absolute atomic E-state index is 0.0517. The molecule has 3 heterocycles. The van der Waals surface area contributed by atoms with Gasteiger partial charge in [-0.3, -0.25) is 14.8 Å². The number of ether oxygens (including phenoxy) is 1. The van der Waals surface area contributed by atoms with Gasteiger partial charge in [0, 0.05) is 23.3 Å². The van der Waals surface area contributed by atoms with Crippen molar-refractivity contribution in [2.45, 2.75) is 37.5 Å². The number of pyridine rings is 1. The summed E-state index contributed by atoms with van der Waals surface area (Å²) in [6, 6.07) is 3.56. The van der Waals surface area contributed by atoms with Crippen LogP contribution >= 0.6 is 0 Å². The lowest BCUT2D eigenvalue weighted by atomic mass is 9.95. The van der Waals surface area contributed by atoms with Crippen LogP contribution in [0.4, 0.5) is 13.2 Å². The van der Waals surface area contributed by atoms with Gasteiger partial charge in [-0.2, -0.15) is 13.2 Å². The number of fused-ring (bicyclic) bond motifs is 2. The molecule has 0 aliphatic heterocycles. The third-order valence-electron chi connectivity index (χ3n) is 6.24. The van der Waals surface area contributed by atoms with Gasteiger partial charge in [0.1, 0.15) is 23.0 Å². The third kappa shape index (κ3) is 4.52. The molecule has 0 fully saturated rings. The molecule has 12 heteroatoms. The van der Waals surface area contributed by atoms with Crippen LogP contribution in [0.3, 0.4) is 0 Å². The van der Waals surface area contributed by atoms with E-state index in [2.05, 4.69) is 31.2 Å². The number of oxazole rings is 1. The molecule has 0 saturated carbocycles. The van der Waals surface area contributed by atoms with Crippen molar-refractivity contribution in [1.29, 1.82) is 0 Å². The number of alkyl halides is 3. The minimum atomic E-state index is -4.65. The van der Waals surface area contributed by atoms with E-state index in [0.717, 1.165) is 24.6 Å². The number of nitrogens with zero attached hydrogens (tertiary/aromatic N) is 4. The van der Waals surface area contributed by atoms with Gasteiger partial charge < -0.3 is 20.2 Å². The van der Waals surface area contributed by atoms with Crippen LogP contribution in [0.1, 0.15) is 58.3 Å². The fraction of sp³-hybridized carbons (Fsp3) is 0.269. The highest BCUT2D eigenvalue weighted by Crippen LogP contribution is 2.37. The van der Waals surface area contributed by atoms with E-state index in [9.17, 15) is 18.0 Å². The van der Waals surface area contributed by atoms with E-state index >= 15 is 0 Å². The zero-order valence-electron chi connectivity index (χ0n) is 20.0. The van der Waals surface area contributed by atoms with Gasteiger partial charge in [-0.05, 0) is 43.5 Å². The minimum Gasteiger partial charge on any atom is -0.494 e. The molecule has 3 N–H and O–H groups in total. The Hall–Kier alpha value is -4.50. The van der Waals surface area contributed by atoms with Gasteiger partial charge in [0.15, 0.2) is 11.5 Å². The van der Waals surface area contributed by atoms with Crippen LogP contribution < -0.4 is 15.8 Å². The summed E-state index contributed by atoms with van der Waals surface area (Å²) in [5.74, 6) is 1.75. The normalized spacial score (nSPS) is 15.9. The molecule has 38 heavy (non-hydrogen) atoms. The SMILES string of the molecule is C#C[C@H](N)c1oc(-c2ccc(OC)c3nc(C(F)(F)F)ccc23)nc1C(=O)NC1CCCc2nccnc21. The molecular weight excluding hydrogens is 501 g/mol. The van der Waals surface area contributed by atoms with Crippen LogP contribution in [0.15, 0.2) is 41.1 Å². The van der Waals surface area contributed by atoms with Gasteiger partial charge in [0.05, 0.1) is 24.5 Å². The first-order valence-electron chi connectivity index (χ1n) is 11.6. The van der Waals surface area contributed by atoms with E-state index in [0.29, 0.717) is 12.1 Å². The molecule has 5 rings (SSSR count). The number of aromatic nitrogens is 4. The first-order chi connectivity index (χ1) is 18.2. The molecule has 1 aromatic carbocycles. The van der Waals surface area contributed by atoms with E-state index < -0.39 is 29.9 Å². The van der Waals surface area contributed by atoms with Crippen molar-refractivity contribution in [3.05, 3.63) is 65.2 Å². The molecule has 1 aliphatic carbocycles. The number of halogens is 3. The van der Waals surface area contributed by atoms with Gasteiger partial charge in [-0.15, -0.1) is 6.42 Å². The fourth-order valence-corrected chi connectivity index (χ4v) is 4.44. The number of carbonyl (C=O) groups excluding carboxylic acids is 1. The molecule has 0 spiro atoms. The Bertz CT molecular complexity index is 1580. The quantitative estimate of drug-likeness (QED) is 0.374. The Morgan fingerprint density at radius 3 is 2.76 bits per heavy atom. The molecule has 9 nitrogen and oxygen atoms in total. The number of hydrogen-bond acceptors (Lipinski definition) is 8. The molecule has 1 unspecified atom stereocenters. The first-order valence-corrected chi connectivity index (χ1v) is 11.6. The fourth-order valence-electron chi connectivity index (χ4n) is 4.44. The van der Waals surface area contributed by atoms with Gasteiger partial charge in [0.2, 0.25) is 5.89 Å². The highest BCUT2D eigenvalue weighted by Gasteiger charge is 2.34. The molecule has 4 aromatic rings. The summed E-state index contributed by atoms with van der Waals surface area (Å²) < 4.78 is 51.0. The second kappa shape index (κ2) is 9.75. The zero-order chi connectivity index (χ0) is 27.0. The van der Waals surface area contributed by atoms with Crippen molar-refractivity contribution in [3.8, 4) is 29.5 Å². The molecule has 1 amide bonds. The summed E-state index contributed by atoms with van der Waals surface area (Å²) in [5, 5.41) is 3.18. The van der Waals surface area contributed by atoms with Crippen molar-refractivity contribution in [1.82, 2.24) is 25.3 Å². The number of terminal acetylenes is 1. The summed E-state index contributed by atoms with van der Waals surface area (Å²) in [4.78, 5) is 30.2. The summed E-state index contributed by atoms with van der Waals surface area (Å²) >= 11 is 0. The van der Waals surface area contributed by atoms with Crippen LogP contribution in [-0.2, 0) is 12.6 Å². The topological polar surface area (TPSA) is 129 Å². The Kier molecular flexibility index (Phi) is 6.46. The van der Waals surface area contributed by atoms with E-state index in [-0.39, 0.29) is 39.6 Å². The van der Waals surface area contributed by atoms with E-state index in [1.54, 1.807) is 18.5 Å². The lowest BCUT2D eigenvalue weighted by Crippen LogP contribution is -2.33. The summed E-state index contributed by atoms with van der Waals surface area (Å²) in [7, 11) is 1.32. The van der Waals surface area contributed by atoms with E-state index in [1.807, 2.05) is 0 Å².